The molecular formula is C12H10N2O3. The summed E-state index contributed by atoms with van der Waals surface area (Å²) in [6, 6.07) is 6.18. The first kappa shape index (κ1) is 11.1. The maximum absolute atomic E-state index is 11.7. The molecule has 1 fully saturated rings. The Bertz CT molecular complexity index is 519. The highest BCUT2D eigenvalue weighted by atomic mass is 16.6. The number of hydrogen-bond acceptors (Lipinski definition) is 3. The molecule has 0 saturated carbocycles. The number of terminal acetylenes is 1. The maximum Gasteiger partial charge on any atom is 0.292 e. The number of hydrogen-bond donors (Lipinski definition) is 0. The Hall–Kier alpha value is -2.35. The number of nitro benzene ring substituents is 1. The molecule has 1 aliphatic heterocycles. The minimum absolute atomic E-state index is 0.0708. The van der Waals surface area contributed by atoms with Gasteiger partial charge in [0.25, 0.3) is 5.69 Å². The van der Waals surface area contributed by atoms with Crippen molar-refractivity contribution in [1.82, 2.24) is 0 Å². The molecule has 1 aromatic carbocycles. The summed E-state index contributed by atoms with van der Waals surface area (Å²) < 4.78 is 0. The van der Waals surface area contributed by atoms with Gasteiger partial charge in [0.1, 0.15) is 5.69 Å². The normalized spacial score (nSPS) is 19.1. The first-order valence-corrected chi connectivity index (χ1v) is 5.13. The van der Waals surface area contributed by atoms with Crippen molar-refractivity contribution in [3.63, 3.8) is 0 Å². The molecule has 5 nitrogen and oxygen atoms in total. The van der Waals surface area contributed by atoms with Crippen LogP contribution >= 0.6 is 0 Å². The summed E-state index contributed by atoms with van der Waals surface area (Å²) in [6.45, 7) is 0.347. The molecule has 17 heavy (non-hydrogen) atoms. The third-order valence-corrected chi connectivity index (χ3v) is 2.73. The lowest BCUT2D eigenvalue weighted by Crippen LogP contribution is -2.25. The summed E-state index contributed by atoms with van der Waals surface area (Å²) in [5.74, 6) is 2.18. The number of anilines is 1. The van der Waals surface area contributed by atoms with Crippen molar-refractivity contribution in [1.29, 1.82) is 0 Å². The van der Waals surface area contributed by atoms with Crippen LogP contribution in [0.3, 0.4) is 0 Å². The Kier molecular flexibility index (Phi) is 2.79. The first-order valence-electron chi connectivity index (χ1n) is 5.13. The molecule has 0 N–H and O–H groups in total. The molecule has 1 unspecified atom stereocenters. The van der Waals surface area contributed by atoms with E-state index in [0.717, 1.165) is 0 Å². The predicted octanol–water partition coefficient (Wildman–Crippen LogP) is 1.58. The van der Waals surface area contributed by atoms with Gasteiger partial charge in [-0.2, -0.15) is 0 Å². The summed E-state index contributed by atoms with van der Waals surface area (Å²) in [5.41, 5.74) is 0.249. The van der Waals surface area contributed by atoms with Gasteiger partial charge in [0.05, 0.1) is 4.92 Å². The Balaban J connectivity index is 2.39. The van der Waals surface area contributed by atoms with Crippen LogP contribution in [-0.4, -0.2) is 17.4 Å². The van der Waals surface area contributed by atoms with E-state index in [-0.39, 0.29) is 23.9 Å². The fourth-order valence-electron chi connectivity index (χ4n) is 1.90. The number of benzene rings is 1. The molecule has 1 aliphatic rings. The van der Waals surface area contributed by atoms with Gasteiger partial charge in [-0.15, -0.1) is 12.3 Å². The van der Waals surface area contributed by atoms with Crippen molar-refractivity contribution in [2.45, 2.75) is 6.42 Å². The van der Waals surface area contributed by atoms with Crippen molar-refractivity contribution < 1.29 is 9.72 Å². The molecule has 0 radical (unpaired) electrons. The first-order chi connectivity index (χ1) is 8.13. The molecular weight excluding hydrogens is 220 g/mol. The zero-order valence-electron chi connectivity index (χ0n) is 9.00. The lowest BCUT2D eigenvalue weighted by Gasteiger charge is -2.15. The molecule has 0 aliphatic carbocycles. The van der Waals surface area contributed by atoms with Crippen LogP contribution in [0, 0.1) is 28.4 Å². The van der Waals surface area contributed by atoms with E-state index in [9.17, 15) is 14.9 Å². The van der Waals surface area contributed by atoms with Gasteiger partial charge in [0.2, 0.25) is 5.91 Å². The van der Waals surface area contributed by atoms with E-state index in [4.69, 9.17) is 6.42 Å². The number of rotatable bonds is 2. The zero-order valence-corrected chi connectivity index (χ0v) is 9.00. The van der Waals surface area contributed by atoms with E-state index in [1.54, 1.807) is 18.2 Å². The second-order valence-electron chi connectivity index (χ2n) is 3.82. The van der Waals surface area contributed by atoms with Gasteiger partial charge in [0.15, 0.2) is 0 Å². The summed E-state index contributed by atoms with van der Waals surface area (Å²) >= 11 is 0. The molecule has 2 rings (SSSR count). The van der Waals surface area contributed by atoms with Gasteiger partial charge in [0, 0.05) is 24.9 Å². The van der Waals surface area contributed by atoms with Gasteiger partial charge in [-0.3, -0.25) is 14.9 Å². The van der Waals surface area contributed by atoms with Crippen molar-refractivity contribution >= 4 is 17.3 Å². The zero-order chi connectivity index (χ0) is 12.4. The van der Waals surface area contributed by atoms with Crippen molar-refractivity contribution in [2.75, 3.05) is 11.4 Å². The summed E-state index contributed by atoms with van der Waals surface area (Å²) in [6.07, 6.45) is 5.52. The van der Waals surface area contributed by atoms with Gasteiger partial charge in [-0.1, -0.05) is 12.1 Å². The minimum atomic E-state index is -0.494. The van der Waals surface area contributed by atoms with Gasteiger partial charge >= 0.3 is 0 Å². The Morgan fingerprint density at radius 2 is 2.18 bits per heavy atom. The van der Waals surface area contributed by atoms with Crippen LogP contribution in [0.15, 0.2) is 24.3 Å². The summed E-state index contributed by atoms with van der Waals surface area (Å²) in [7, 11) is 0. The molecule has 0 aromatic heterocycles. The molecule has 1 atom stereocenters. The molecule has 1 aromatic rings. The van der Waals surface area contributed by atoms with Crippen LogP contribution in [0.5, 0.6) is 0 Å². The van der Waals surface area contributed by atoms with E-state index in [0.29, 0.717) is 12.2 Å². The molecule has 0 spiro atoms. The largest absolute Gasteiger partial charge is 0.305 e. The van der Waals surface area contributed by atoms with Gasteiger partial charge in [-0.25, -0.2) is 0 Å². The van der Waals surface area contributed by atoms with E-state index >= 15 is 0 Å². The Morgan fingerprint density at radius 3 is 2.76 bits per heavy atom. The summed E-state index contributed by atoms with van der Waals surface area (Å²) in [5, 5.41) is 10.9. The third-order valence-electron chi connectivity index (χ3n) is 2.73. The van der Waals surface area contributed by atoms with E-state index in [1.807, 2.05) is 0 Å². The molecule has 1 amide bonds. The second kappa shape index (κ2) is 4.26. The van der Waals surface area contributed by atoms with E-state index < -0.39 is 4.92 Å². The monoisotopic (exact) mass is 230 g/mol. The fraction of sp³-hybridized carbons (Fsp3) is 0.250. The predicted molar refractivity (Wildman–Crippen MR) is 62.4 cm³/mol. The van der Waals surface area contributed by atoms with Crippen LogP contribution in [0.2, 0.25) is 0 Å². The lowest BCUT2D eigenvalue weighted by molar-refractivity contribution is -0.384. The quantitative estimate of drug-likeness (QED) is 0.440. The van der Waals surface area contributed by atoms with Crippen LogP contribution in [0.25, 0.3) is 0 Å². The second-order valence-corrected chi connectivity index (χ2v) is 3.82. The van der Waals surface area contributed by atoms with Gasteiger partial charge < -0.3 is 4.90 Å². The molecule has 1 saturated heterocycles. The number of para-hydroxylation sites is 2. The lowest BCUT2D eigenvalue weighted by atomic mass is 10.1. The summed E-state index contributed by atoms with van der Waals surface area (Å²) in [4.78, 5) is 23.5. The number of amides is 1. The van der Waals surface area contributed by atoms with Crippen molar-refractivity contribution in [3.05, 3.63) is 34.4 Å². The maximum atomic E-state index is 11.7. The minimum Gasteiger partial charge on any atom is -0.305 e. The average Bonchev–Trinajstić information content (AvgIpc) is 2.70. The number of nitrogens with zero attached hydrogens (tertiary/aromatic N) is 2. The average molecular weight is 230 g/mol. The van der Waals surface area contributed by atoms with Crippen LogP contribution < -0.4 is 4.90 Å². The molecule has 0 bridgehead atoms. The third kappa shape index (κ3) is 1.97. The van der Waals surface area contributed by atoms with E-state index in [2.05, 4.69) is 5.92 Å². The highest BCUT2D eigenvalue weighted by molar-refractivity contribution is 5.98. The smallest absolute Gasteiger partial charge is 0.292 e. The topological polar surface area (TPSA) is 63.5 Å². The molecule has 5 heteroatoms. The van der Waals surface area contributed by atoms with Crippen LogP contribution in [0.1, 0.15) is 6.42 Å². The Morgan fingerprint density at radius 1 is 1.47 bits per heavy atom. The Labute approximate surface area is 98.2 Å². The number of carbonyl (C=O) groups is 1. The SMILES string of the molecule is C#CC1CC(=O)N(c2ccccc2[N+](=O)[O-])C1. The van der Waals surface area contributed by atoms with Crippen LogP contribution in [-0.2, 0) is 4.79 Å². The standard InChI is InChI=1S/C12H10N2O3/c1-2-9-7-12(15)13(8-9)10-5-3-4-6-11(10)14(16)17/h1,3-6,9H,7-8H2. The van der Waals surface area contributed by atoms with Crippen molar-refractivity contribution in [2.24, 2.45) is 5.92 Å². The highest BCUT2D eigenvalue weighted by Gasteiger charge is 2.32. The fourth-order valence-corrected chi connectivity index (χ4v) is 1.90. The van der Waals surface area contributed by atoms with Gasteiger partial charge in [-0.05, 0) is 6.07 Å². The van der Waals surface area contributed by atoms with Crippen molar-refractivity contribution in [3.8, 4) is 12.3 Å². The molecule has 1 heterocycles. The number of carbonyl (C=O) groups excluding carboxylic acids is 1. The highest BCUT2D eigenvalue weighted by Crippen LogP contribution is 2.32. The van der Waals surface area contributed by atoms with E-state index in [1.165, 1.54) is 11.0 Å². The van der Waals surface area contributed by atoms with Crippen LogP contribution in [0.4, 0.5) is 11.4 Å². The molecule has 86 valence electrons. The number of nitro groups is 1.